The zero-order valence-electron chi connectivity index (χ0n) is 8.61. The van der Waals surface area contributed by atoms with E-state index in [1.165, 1.54) is 18.5 Å². The number of carbonyl (C=O) groups excluding carboxylic acids is 1. The molecule has 0 saturated carbocycles. The van der Waals surface area contributed by atoms with E-state index in [1.54, 1.807) is 6.92 Å². The first-order valence-electron chi connectivity index (χ1n) is 4.84. The average Bonchev–Trinajstić information content (AvgIpc) is 2.43. The molecule has 0 fully saturated rings. The van der Waals surface area contributed by atoms with Gasteiger partial charge in [0.15, 0.2) is 5.78 Å². The van der Waals surface area contributed by atoms with Gasteiger partial charge < -0.3 is 4.98 Å². The van der Waals surface area contributed by atoms with Crippen molar-refractivity contribution in [3.05, 3.63) is 23.0 Å². The second kappa shape index (κ2) is 4.26. The van der Waals surface area contributed by atoms with Crippen LogP contribution in [0.4, 0.5) is 0 Å². The van der Waals surface area contributed by atoms with Crippen LogP contribution in [0, 0.1) is 6.92 Å². The zero-order valence-corrected chi connectivity index (χ0v) is 8.61. The van der Waals surface area contributed by atoms with Crippen molar-refractivity contribution in [2.45, 2.75) is 40.0 Å². The molecule has 0 unspecified atom stereocenters. The first-order valence-corrected chi connectivity index (χ1v) is 4.84. The van der Waals surface area contributed by atoms with Crippen molar-refractivity contribution in [3.63, 3.8) is 0 Å². The third-order valence-corrected chi connectivity index (χ3v) is 2.25. The van der Waals surface area contributed by atoms with Crippen LogP contribution in [0.15, 0.2) is 6.07 Å². The number of unbranched alkanes of at least 4 members (excludes halogenated alkanes) is 1. The number of Topliss-reactive ketones (excluding diaryl/α,β-unsaturated/α-hetero) is 1. The van der Waals surface area contributed by atoms with Crippen LogP contribution in [0.5, 0.6) is 0 Å². The highest BCUT2D eigenvalue weighted by molar-refractivity contribution is 5.95. The molecule has 0 aliphatic carbocycles. The summed E-state index contributed by atoms with van der Waals surface area (Å²) in [6.45, 7) is 5.73. The molecule has 72 valence electrons. The molecule has 0 aliphatic heterocycles. The number of aromatic amines is 1. The van der Waals surface area contributed by atoms with E-state index in [-0.39, 0.29) is 5.78 Å². The molecule has 0 saturated heterocycles. The Morgan fingerprint density at radius 3 is 2.69 bits per heavy atom. The Balaban J connectivity index is 2.76. The Hall–Kier alpha value is -1.05. The van der Waals surface area contributed by atoms with Gasteiger partial charge in [-0.3, -0.25) is 4.79 Å². The summed E-state index contributed by atoms with van der Waals surface area (Å²) in [6.07, 6.45) is 3.41. The van der Waals surface area contributed by atoms with Gasteiger partial charge in [-0.2, -0.15) is 0 Å². The lowest BCUT2D eigenvalue weighted by molar-refractivity contribution is 0.101. The number of aromatic nitrogens is 1. The molecule has 1 heterocycles. The molecule has 1 aromatic rings. The average molecular weight is 179 g/mol. The highest BCUT2D eigenvalue weighted by Crippen LogP contribution is 2.12. The molecule has 0 radical (unpaired) electrons. The van der Waals surface area contributed by atoms with Crippen molar-refractivity contribution in [3.8, 4) is 0 Å². The fraction of sp³-hybridized carbons (Fsp3) is 0.545. The summed E-state index contributed by atoms with van der Waals surface area (Å²) in [7, 11) is 0. The van der Waals surface area contributed by atoms with Crippen molar-refractivity contribution < 1.29 is 4.79 Å². The highest BCUT2D eigenvalue weighted by Gasteiger charge is 2.07. The van der Waals surface area contributed by atoms with Crippen molar-refractivity contribution in [1.29, 1.82) is 0 Å². The Kier molecular flexibility index (Phi) is 3.29. The number of aryl methyl sites for hydroxylation is 2. The first-order chi connectivity index (χ1) is 6.15. The number of hydrogen-bond donors (Lipinski definition) is 1. The molecule has 0 amide bonds. The van der Waals surface area contributed by atoms with E-state index in [4.69, 9.17) is 0 Å². The third-order valence-electron chi connectivity index (χ3n) is 2.25. The van der Waals surface area contributed by atoms with Crippen molar-refractivity contribution >= 4 is 5.78 Å². The Morgan fingerprint density at radius 1 is 1.54 bits per heavy atom. The molecule has 0 spiro atoms. The van der Waals surface area contributed by atoms with Crippen molar-refractivity contribution in [1.82, 2.24) is 4.98 Å². The fourth-order valence-corrected chi connectivity index (χ4v) is 1.49. The summed E-state index contributed by atoms with van der Waals surface area (Å²) >= 11 is 0. The van der Waals surface area contributed by atoms with Gasteiger partial charge in [0.1, 0.15) is 0 Å². The largest absolute Gasteiger partial charge is 0.362 e. The summed E-state index contributed by atoms with van der Waals surface area (Å²) in [4.78, 5) is 14.4. The quantitative estimate of drug-likeness (QED) is 0.708. The third kappa shape index (κ3) is 2.44. The number of carbonyl (C=O) groups is 1. The summed E-state index contributed by atoms with van der Waals surface area (Å²) in [6, 6.07) is 1.98. The number of hydrogen-bond acceptors (Lipinski definition) is 1. The van der Waals surface area contributed by atoms with E-state index in [1.807, 2.05) is 13.0 Å². The number of ketones is 1. The van der Waals surface area contributed by atoms with Gasteiger partial charge in [-0.05, 0) is 32.8 Å². The van der Waals surface area contributed by atoms with E-state index in [2.05, 4.69) is 11.9 Å². The summed E-state index contributed by atoms with van der Waals surface area (Å²) in [5.41, 5.74) is 3.02. The molecular weight excluding hydrogens is 162 g/mol. The lowest BCUT2D eigenvalue weighted by atomic mass is 10.1. The van der Waals surface area contributed by atoms with Crippen molar-refractivity contribution in [2.24, 2.45) is 0 Å². The maximum absolute atomic E-state index is 11.1. The van der Waals surface area contributed by atoms with E-state index < -0.39 is 0 Å². The predicted molar refractivity (Wildman–Crippen MR) is 54.1 cm³/mol. The van der Waals surface area contributed by atoms with Crippen LogP contribution in [-0.2, 0) is 6.42 Å². The van der Waals surface area contributed by atoms with Crippen LogP contribution in [0.2, 0.25) is 0 Å². The van der Waals surface area contributed by atoms with Gasteiger partial charge in [0, 0.05) is 17.0 Å². The van der Waals surface area contributed by atoms with E-state index in [0.717, 1.165) is 17.7 Å². The highest BCUT2D eigenvalue weighted by atomic mass is 16.1. The molecule has 1 aromatic heterocycles. The first kappa shape index (κ1) is 10.0. The van der Waals surface area contributed by atoms with Crippen LogP contribution in [0.25, 0.3) is 0 Å². The summed E-state index contributed by atoms with van der Waals surface area (Å²) < 4.78 is 0. The second-order valence-corrected chi connectivity index (χ2v) is 3.49. The summed E-state index contributed by atoms with van der Waals surface area (Å²) in [5, 5.41) is 0. The van der Waals surface area contributed by atoms with E-state index in [0.29, 0.717) is 0 Å². The Labute approximate surface area is 79.4 Å². The Bertz CT molecular complexity index is 299. The van der Waals surface area contributed by atoms with Crippen LogP contribution >= 0.6 is 0 Å². The lowest BCUT2D eigenvalue weighted by Gasteiger charge is -1.92. The number of H-pyrrole nitrogens is 1. The molecular formula is C11H17NO. The monoisotopic (exact) mass is 179 g/mol. The van der Waals surface area contributed by atoms with Gasteiger partial charge in [0.25, 0.3) is 0 Å². The van der Waals surface area contributed by atoms with Crippen LogP contribution in [0.1, 0.15) is 48.4 Å². The standard InChI is InChI=1S/C11H17NO/c1-4-5-6-10-7-11(9(3)13)8(2)12-10/h7,12H,4-6H2,1-3H3. The van der Waals surface area contributed by atoms with Gasteiger partial charge in [0.2, 0.25) is 0 Å². The normalized spacial score (nSPS) is 10.4. The van der Waals surface area contributed by atoms with Gasteiger partial charge in [-0.25, -0.2) is 0 Å². The van der Waals surface area contributed by atoms with Gasteiger partial charge in [-0.1, -0.05) is 13.3 Å². The second-order valence-electron chi connectivity index (χ2n) is 3.49. The van der Waals surface area contributed by atoms with Gasteiger partial charge in [-0.15, -0.1) is 0 Å². The molecule has 1 rings (SSSR count). The molecule has 0 atom stereocenters. The smallest absolute Gasteiger partial charge is 0.161 e. The molecule has 1 N–H and O–H groups in total. The number of nitrogens with one attached hydrogen (secondary N) is 1. The minimum atomic E-state index is 0.150. The van der Waals surface area contributed by atoms with Crippen LogP contribution in [-0.4, -0.2) is 10.8 Å². The minimum Gasteiger partial charge on any atom is -0.362 e. The summed E-state index contributed by atoms with van der Waals surface area (Å²) in [5.74, 6) is 0.150. The lowest BCUT2D eigenvalue weighted by Crippen LogP contribution is -1.90. The van der Waals surface area contributed by atoms with Crippen LogP contribution < -0.4 is 0 Å². The zero-order chi connectivity index (χ0) is 9.84. The van der Waals surface area contributed by atoms with Crippen LogP contribution in [0.3, 0.4) is 0 Å². The molecule has 0 bridgehead atoms. The van der Waals surface area contributed by atoms with Crippen molar-refractivity contribution in [2.75, 3.05) is 0 Å². The molecule has 13 heavy (non-hydrogen) atoms. The molecule has 2 heteroatoms. The SMILES string of the molecule is CCCCc1cc(C(C)=O)c(C)[nH]1. The van der Waals surface area contributed by atoms with Gasteiger partial charge in [0.05, 0.1) is 0 Å². The molecule has 0 aliphatic rings. The van der Waals surface area contributed by atoms with E-state index in [9.17, 15) is 4.79 Å². The topological polar surface area (TPSA) is 32.9 Å². The predicted octanol–water partition coefficient (Wildman–Crippen LogP) is 2.87. The Morgan fingerprint density at radius 2 is 2.23 bits per heavy atom. The van der Waals surface area contributed by atoms with Gasteiger partial charge >= 0.3 is 0 Å². The van der Waals surface area contributed by atoms with E-state index >= 15 is 0 Å². The number of rotatable bonds is 4. The molecule has 0 aromatic carbocycles. The minimum absolute atomic E-state index is 0.150. The fourth-order valence-electron chi connectivity index (χ4n) is 1.49. The maximum Gasteiger partial charge on any atom is 0.161 e. The maximum atomic E-state index is 11.1. The molecule has 2 nitrogen and oxygen atoms in total.